The van der Waals surface area contributed by atoms with Crippen molar-refractivity contribution in [2.75, 3.05) is 5.75 Å². The molecule has 1 heterocycles. The maximum absolute atomic E-state index is 13.4. The normalized spacial score (nSPS) is 16.4. The summed E-state index contributed by atoms with van der Waals surface area (Å²) in [5.74, 6) is -1.31. The third-order valence-corrected chi connectivity index (χ3v) is 4.78. The molecule has 0 bridgehead atoms. The summed E-state index contributed by atoms with van der Waals surface area (Å²) in [5.41, 5.74) is 0. The van der Waals surface area contributed by atoms with Gasteiger partial charge in [0.1, 0.15) is 10.7 Å². The molecule has 1 N–H and O–H groups in total. The third-order valence-electron chi connectivity index (χ3n) is 2.09. The van der Waals surface area contributed by atoms with Crippen LogP contribution in [-0.4, -0.2) is 29.4 Å². The molecule has 96 valence electrons. The number of carbonyl (C=O) groups is 1. The van der Waals surface area contributed by atoms with Crippen molar-refractivity contribution in [2.45, 2.75) is 4.90 Å². The molecule has 0 atom stereocenters. The topological polar surface area (TPSA) is 66.5 Å². The van der Waals surface area contributed by atoms with Crippen LogP contribution in [0.1, 0.15) is 0 Å². The minimum Gasteiger partial charge on any atom is -0.272 e. The molecule has 1 aromatic carbocycles. The van der Waals surface area contributed by atoms with Crippen molar-refractivity contribution < 1.29 is 17.6 Å². The SMILES string of the molecule is O=C1CSC(=S)N1NS(=O)(=O)c1ccccc1F. The van der Waals surface area contributed by atoms with Gasteiger partial charge < -0.3 is 0 Å². The van der Waals surface area contributed by atoms with Crippen LogP contribution in [0.3, 0.4) is 0 Å². The molecule has 0 saturated carbocycles. The van der Waals surface area contributed by atoms with Crippen LogP contribution in [-0.2, 0) is 14.8 Å². The lowest BCUT2D eigenvalue weighted by Gasteiger charge is -2.16. The summed E-state index contributed by atoms with van der Waals surface area (Å²) >= 11 is 5.86. The van der Waals surface area contributed by atoms with Crippen molar-refractivity contribution in [1.82, 2.24) is 9.84 Å². The smallest absolute Gasteiger partial charge is 0.260 e. The molecular weight excluding hydrogens is 299 g/mol. The number of rotatable bonds is 3. The lowest BCUT2D eigenvalue weighted by Crippen LogP contribution is -2.45. The average molecular weight is 306 g/mol. The summed E-state index contributed by atoms with van der Waals surface area (Å²) in [6.45, 7) is 0. The average Bonchev–Trinajstić information content (AvgIpc) is 2.61. The molecule has 5 nitrogen and oxygen atoms in total. The lowest BCUT2D eigenvalue weighted by molar-refractivity contribution is -0.125. The fourth-order valence-corrected chi connectivity index (χ4v) is 3.48. The van der Waals surface area contributed by atoms with Crippen molar-refractivity contribution in [3.05, 3.63) is 30.1 Å². The number of carbonyl (C=O) groups excluding carboxylic acids is 1. The molecule has 9 heteroatoms. The van der Waals surface area contributed by atoms with Gasteiger partial charge in [0, 0.05) is 0 Å². The zero-order valence-corrected chi connectivity index (χ0v) is 11.2. The minimum atomic E-state index is -4.16. The predicted molar refractivity (Wildman–Crippen MR) is 68.6 cm³/mol. The van der Waals surface area contributed by atoms with Gasteiger partial charge in [-0.2, -0.15) is 0 Å². The number of thioether (sulfide) groups is 1. The Balaban J connectivity index is 2.31. The van der Waals surface area contributed by atoms with Crippen LogP contribution in [0.2, 0.25) is 0 Å². The van der Waals surface area contributed by atoms with Gasteiger partial charge in [-0.25, -0.2) is 17.8 Å². The minimum absolute atomic E-state index is 0.0681. The van der Waals surface area contributed by atoms with Crippen LogP contribution in [0.15, 0.2) is 29.2 Å². The standard InChI is InChI=1S/C9H7FN2O3S3/c10-6-3-1-2-4-7(6)18(14,15)11-12-8(13)5-17-9(12)16/h1-4,11H,5H2. The summed E-state index contributed by atoms with van der Waals surface area (Å²) in [7, 11) is -4.16. The number of sulfonamides is 1. The Morgan fingerprint density at radius 1 is 1.39 bits per heavy atom. The molecule has 1 saturated heterocycles. The summed E-state index contributed by atoms with van der Waals surface area (Å²) in [6, 6.07) is 4.88. The van der Waals surface area contributed by atoms with Gasteiger partial charge in [0.25, 0.3) is 15.9 Å². The Hall–Kier alpha value is -1.03. The number of nitrogens with zero attached hydrogens (tertiary/aromatic N) is 1. The van der Waals surface area contributed by atoms with E-state index in [1.807, 2.05) is 4.83 Å². The Morgan fingerprint density at radius 2 is 2.06 bits per heavy atom. The first kappa shape index (κ1) is 13.4. The molecule has 1 fully saturated rings. The maximum atomic E-state index is 13.4. The highest BCUT2D eigenvalue weighted by molar-refractivity contribution is 8.24. The Kier molecular flexibility index (Phi) is 3.66. The number of nitrogens with one attached hydrogen (secondary N) is 1. The molecule has 1 aromatic rings. The van der Waals surface area contributed by atoms with Crippen molar-refractivity contribution in [1.29, 1.82) is 0 Å². The second-order valence-corrected chi connectivity index (χ2v) is 6.55. The van der Waals surface area contributed by atoms with Gasteiger partial charge >= 0.3 is 0 Å². The molecule has 0 aromatic heterocycles. The number of hydrogen-bond donors (Lipinski definition) is 1. The molecule has 18 heavy (non-hydrogen) atoms. The molecule has 1 aliphatic heterocycles. The van der Waals surface area contributed by atoms with Crippen molar-refractivity contribution >= 4 is 44.2 Å². The van der Waals surface area contributed by atoms with Crippen molar-refractivity contribution in [3.63, 3.8) is 0 Å². The van der Waals surface area contributed by atoms with Gasteiger partial charge in [-0.1, -0.05) is 36.1 Å². The van der Waals surface area contributed by atoms with E-state index >= 15 is 0 Å². The number of thiocarbonyl (C=S) groups is 1. The van der Waals surface area contributed by atoms with Crippen molar-refractivity contribution in [3.8, 4) is 0 Å². The van der Waals surface area contributed by atoms with E-state index < -0.39 is 26.6 Å². The summed E-state index contributed by atoms with van der Waals surface area (Å²) < 4.78 is 37.3. The molecule has 1 amide bonds. The van der Waals surface area contributed by atoms with Gasteiger partial charge in [0.15, 0.2) is 4.32 Å². The zero-order valence-electron chi connectivity index (χ0n) is 8.79. The first-order valence-corrected chi connectivity index (χ1v) is 7.56. The Bertz CT molecular complexity index is 601. The number of amides is 1. The van der Waals surface area contributed by atoms with E-state index in [1.165, 1.54) is 12.1 Å². The van der Waals surface area contributed by atoms with E-state index in [0.29, 0.717) is 0 Å². The van der Waals surface area contributed by atoms with E-state index in [-0.39, 0.29) is 10.1 Å². The summed E-state index contributed by atoms with van der Waals surface area (Å²) in [5, 5.41) is 0.738. The molecular formula is C9H7FN2O3S3. The van der Waals surface area contributed by atoms with Crippen LogP contribution in [0.5, 0.6) is 0 Å². The lowest BCUT2D eigenvalue weighted by atomic mass is 10.4. The molecule has 0 radical (unpaired) electrons. The zero-order chi connectivity index (χ0) is 13.3. The fraction of sp³-hybridized carbons (Fsp3) is 0.111. The highest BCUT2D eigenvalue weighted by Crippen LogP contribution is 2.20. The maximum Gasteiger partial charge on any atom is 0.260 e. The van der Waals surface area contributed by atoms with Gasteiger partial charge in [-0.3, -0.25) is 4.79 Å². The number of hydrazine groups is 1. The Labute approximate surface area is 112 Å². The fourth-order valence-electron chi connectivity index (χ4n) is 1.27. The van der Waals surface area contributed by atoms with Crippen LogP contribution in [0.25, 0.3) is 0 Å². The van der Waals surface area contributed by atoms with Crippen LogP contribution >= 0.6 is 24.0 Å². The van der Waals surface area contributed by atoms with E-state index in [0.717, 1.165) is 28.9 Å². The monoisotopic (exact) mass is 306 g/mol. The third kappa shape index (κ3) is 2.53. The molecule has 0 unspecified atom stereocenters. The number of hydrogen-bond acceptors (Lipinski definition) is 5. The first-order valence-electron chi connectivity index (χ1n) is 4.68. The first-order chi connectivity index (χ1) is 8.42. The number of halogens is 1. The summed E-state index contributed by atoms with van der Waals surface area (Å²) in [6.07, 6.45) is 0. The number of benzene rings is 1. The van der Waals surface area contributed by atoms with E-state index in [4.69, 9.17) is 12.2 Å². The van der Waals surface area contributed by atoms with Gasteiger partial charge in [-0.15, -0.1) is 4.83 Å². The van der Waals surface area contributed by atoms with E-state index in [1.54, 1.807) is 0 Å². The van der Waals surface area contributed by atoms with Gasteiger partial charge in [0.05, 0.1) is 5.75 Å². The summed E-state index contributed by atoms with van der Waals surface area (Å²) in [4.78, 5) is 12.8. The molecule has 0 spiro atoms. The van der Waals surface area contributed by atoms with E-state index in [2.05, 4.69) is 0 Å². The molecule has 2 rings (SSSR count). The largest absolute Gasteiger partial charge is 0.272 e. The van der Waals surface area contributed by atoms with Gasteiger partial charge in [-0.05, 0) is 12.1 Å². The van der Waals surface area contributed by atoms with Crippen molar-refractivity contribution in [2.24, 2.45) is 0 Å². The van der Waals surface area contributed by atoms with Crippen LogP contribution < -0.4 is 4.83 Å². The predicted octanol–water partition coefficient (Wildman–Crippen LogP) is 0.879. The Morgan fingerprint density at radius 3 is 2.61 bits per heavy atom. The molecule has 0 aliphatic carbocycles. The van der Waals surface area contributed by atoms with Gasteiger partial charge in [0.2, 0.25) is 0 Å². The second-order valence-electron chi connectivity index (χ2n) is 3.31. The van der Waals surface area contributed by atoms with E-state index in [9.17, 15) is 17.6 Å². The highest BCUT2D eigenvalue weighted by Gasteiger charge is 2.32. The second kappa shape index (κ2) is 4.92. The highest BCUT2D eigenvalue weighted by atomic mass is 32.2. The van der Waals surface area contributed by atoms with Crippen LogP contribution in [0, 0.1) is 5.82 Å². The quantitative estimate of drug-likeness (QED) is 0.840. The molecule has 1 aliphatic rings. The van der Waals surface area contributed by atoms with Crippen LogP contribution in [0.4, 0.5) is 4.39 Å².